The van der Waals surface area contributed by atoms with E-state index in [1.165, 1.54) is 5.56 Å². The third kappa shape index (κ3) is 4.55. The number of benzene rings is 1. The smallest absolute Gasteiger partial charge is 0.121 e. The number of methoxy groups -OCH3 is 1. The van der Waals surface area contributed by atoms with Crippen molar-refractivity contribution in [2.45, 2.75) is 13.5 Å². The number of ether oxygens (including phenoxy) is 2. The van der Waals surface area contributed by atoms with Gasteiger partial charge in [-0.2, -0.15) is 0 Å². The van der Waals surface area contributed by atoms with Crippen LogP contribution in [0.2, 0.25) is 0 Å². The van der Waals surface area contributed by atoms with E-state index in [9.17, 15) is 0 Å². The molecule has 0 saturated carbocycles. The average Bonchev–Trinajstić information content (AvgIpc) is 2.47. The minimum absolute atomic E-state index is 0.555. The molecule has 0 spiro atoms. The maximum Gasteiger partial charge on any atom is 0.121 e. The Bertz CT molecular complexity index is 526. The van der Waals surface area contributed by atoms with E-state index < -0.39 is 0 Å². The fraction of sp³-hybridized carbons (Fsp3) is 0.312. The van der Waals surface area contributed by atoms with E-state index >= 15 is 0 Å². The van der Waals surface area contributed by atoms with Gasteiger partial charge < -0.3 is 14.8 Å². The Morgan fingerprint density at radius 1 is 1.15 bits per heavy atom. The Kier molecular flexibility index (Phi) is 5.38. The number of hydrogen-bond acceptors (Lipinski definition) is 4. The van der Waals surface area contributed by atoms with E-state index in [-0.39, 0.29) is 0 Å². The minimum Gasteiger partial charge on any atom is -0.491 e. The van der Waals surface area contributed by atoms with Crippen LogP contribution in [0.5, 0.6) is 5.75 Å². The third-order valence-electron chi connectivity index (χ3n) is 2.84. The molecule has 4 heteroatoms. The molecule has 0 aliphatic heterocycles. The van der Waals surface area contributed by atoms with Crippen molar-refractivity contribution in [1.29, 1.82) is 0 Å². The summed E-state index contributed by atoms with van der Waals surface area (Å²) in [7, 11) is 1.66. The zero-order valence-corrected chi connectivity index (χ0v) is 11.9. The zero-order chi connectivity index (χ0) is 14.2. The number of rotatable bonds is 7. The molecule has 0 radical (unpaired) electrons. The Labute approximate surface area is 119 Å². The molecule has 0 atom stereocenters. The summed E-state index contributed by atoms with van der Waals surface area (Å²) in [6.45, 7) is 3.87. The first kappa shape index (κ1) is 14.3. The lowest BCUT2D eigenvalue weighted by molar-refractivity contribution is 0.146. The van der Waals surface area contributed by atoms with Crippen LogP contribution in [0.1, 0.15) is 11.3 Å². The minimum atomic E-state index is 0.555. The summed E-state index contributed by atoms with van der Waals surface area (Å²) in [5, 5.41) is 3.34. The van der Waals surface area contributed by atoms with E-state index in [0.717, 1.165) is 17.1 Å². The number of nitrogens with zero attached hydrogens (tertiary/aromatic N) is 1. The molecule has 0 saturated heterocycles. The second-order valence-electron chi connectivity index (χ2n) is 4.55. The SMILES string of the molecule is COCCOc1cccc(NCc2ccc(C)cn2)c1. The largest absolute Gasteiger partial charge is 0.491 e. The normalized spacial score (nSPS) is 10.3. The van der Waals surface area contributed by atoms with Gasteiger partial charge >= 0.3 is 0 Å². The molecule has 0 unspecified atom stereocenters. The Morgan fingerprint density at radius 2 is 2.05 bits per heavy atom. The van der Waals surface area contributed by atoms with Crippen LogP contribution in [0, 0.1) is 6.92 Å². The quantitative estimate of drug-likeness (QED) is 0.787. The molecule has 0 bridgehead atoms. The molecular formula is C16H20N2O2. The van der Waals surface area contributed by atoms with Crippen LogP contribution in [0.3, 0.4) is 0 Å². The lowest BCUT2D eigenvalue weighted by atomic mass is 10.2. The summed E-state index contributed by atoms with van der Waals surface area (Å²) in [4.78, 5) is 4.37. The highest BCUT2D eigenvalue weighted by atomic mass is 16.5. The number of hydrogen-bond donors (Lipinski definition) is 1. The first-order valence-electron chi connectivity index (χ1n) is 6.65. The molecule has 0 fully saturated rings. The predicted molar refractivity (Wildman–Crippen MR) is 80.1 cm³/mol. The third-order valence-corrected chi connectivity index (χ3v) is 2.84. The molecule has 1 aromatic carbocycles. The molecule has 1 N–H and O–H groups in total. The summed E-state index contributed by atoms with van der Waals surface area (Å²) in [6, 6.07) is 12.0. The van der Waals surface area contributed by atoms with E-state index in [0.29, 0.717) is 19.8 Å². The molecule has 2 aromatic rings. The maximum absolute atomic E-state index is 5.57. The second kappa shape index (κ2) is 7.50. The summed E-state index contributed by atoms with van der Waals surface area (Å²) in [5.74, 6) is 0.837. The Hall–Kier alpha value is -2.07. The first-order valence-corrected chi connectivity index (χ1v) is 6.65. The first-order chi connectivity index (χ1) is 9.78. The predicted octanol–water partition coefficient (Wildman–Crippen LogP) is 3.03. The lowest BCUT2D eigenvalue weighted by Crippen LogP contribution is -2.05. The monoisotopic (exact) mass is 272 g/mol. The van der Waals surface area contributed by atoms with Gasteiger partial charge in [-0.15, -0.1) is 0 Å². The van der Waals surface area contributed by atoms with Crippen molar-refractivity contribution in [1.82, 2.24) is 4.98 Å². The summed E-state index contributed by atoms with van der Waals surface area (Å²) in [6.07, 6.45) is 1.88. The molecule has 0 amide bonds. The van der Waals surface area contributed by atoms with Crippen molar-refractivity contribution < 1.29 is 9.47 Å². The molecule has 0 aliphatic carbocycles. The van der Waals surface area contributed by atoms with E-state index in [4.69, 9.17) is 9.47 Å². The van der Waals surface area contributed by atoms with Crippen LogP contribution >= 0.6 is 0 Å². The highest BCUT2D eigenvalue weighted by Crippen LogP contribution is 2.17. The molecule has 1 aromatic heterocycles. The maximum atomic E-state index is 5.57. The van der Waals surface area contributed by atoms with Gasteiger partial charge in [0.25, 0.3) is 0 Å². The van der Waals surface area contributed by atoms with Gasteiger partial charge in [0, 0.05) is 25.1 Å². The summed E-state index contributed by atoms with van der Waals surface area (Å²) < 4.78 is 10.5. The highest BCUT2D eigenvalue weighted by Gasteiger charge is 1.98. The van der Waals surface area contributed by atoms with Crippen LogP contribution in [0.15, 0.2) is 42.6 Å². The Balaban J connectivity index is 1.89. The van der Waals surface area contributed by atoms with Crippen molar-refractivity contribution in [3.8, 4) is 5.75 Å². The van der Waals surface area contributed by atoms with Gasteiger partial charge in [0.05, 0.1) is 18.8 Å². The van der Waals surface area contributed by atoms with Crippen LogP contribution < -0.4 is 10.1 Å². The standard InChI is InChI=1S/C16H20N2O2/c1-13-6-7-15(17-11-13)12-18-14-4-3-5-16(10-14)20-9-8-19-2/h3-7,10-11,18H,8-9,12H2,1-2H3. The van der Waals surface area contributed by atoms with E-state index in [2.05, 4.69) is 16.4 Å². The average molecular weight is 272 g/mol. The zero-order valence-electron chi connectivity index (χ0n) is 11.9. The van der Waals surface area contributed by atoms with E-state index in [1.54, 1.807) is 7.11 Å². The number of aromatic nitrogens is 1. The molecule has 0 aliphatic rings. The highest BCUT2D eigenvalue weighted by molar-refractivity contribution is 5.48. The van der Waals surface area contributed by atoms with Crippen molar-refractivity contribution in [2.75, 3.05) is 25.6 Å². The van der Waals surface area contributed by atoms with Crippen molar-refractivity contribution in [2.24, 2.45) is 0 Å². The molecule has 20 heavy (non-hydrogen) atoms. The van der Waals surface area contributed by atoms with Gasteiger partial charge in [0.15, 0.2) is 0 Å². The van der Waals surface area contributed by atoms with Crippen molar-refractivity contribution in [3.05, 3.63) is 53.9 Å². The summed E-state index contributed by atoms with van der Waals surface area (Å²) >= 11 is 0. The fourth-order valence-corrected chi connectivity index (χ4v) is 1.73. The second-order valence-corrected chi connectivity index (χ2v) is 4.55. The molecule has 1 heterocycles. The molecule has 106 valence electrons. The molecule has 2 rings (SSSR count). The van der Waals surface area contributed by atoms with Crippen LogP contribution in [-0.2, 0) is 11.3 Å². The van der Waals surface area contributed by atoms with Gasteiger partial charge in [0.2, 0.25) is 0 Å². The van der Waals surface area contributed by atoms with Crippen LogP contribution in [0.4, 0.5) is 5.69 Å². The molecular weight excluding hydrogens is 252 g/mol. The van der Waals surface area contributed by atoms with Crippen molar-refractivity contribution in [3.63, 3.8) is 0 Å². The van der Waals surface area contributed by atoms with Crippen LogP contribution in [0.25, 0.3) is 0 Å². The van der Waals surface area contributed by atoms with Crippen LogP contribution in [-0.4, -0.2) is 25.3 Å². The number of nitrogens with one attached hydrogen (secondary N) is 1. The van der Waals surface area contributed by atoms with Crippen molar-refractivity contribution >= 4 is 5.69 Å². The van der Waals surface area contributed by atoms with Gasteiger partial charge in [-0.1, -0.05) is 12.1 Å². The topological polar surface area (TPSA) is 43.4 Å². The summed E-state index contributed by atoms with van der Waals surface area (Å²) in [5.41, 5.74) is 3.20. The van der Waals surface area contributed by atoms with Gasteiger partial charge in [-0.25, -0.2) is 0 Å². The van der Waals surface area contributed by atoms with E-state index in [1.807, 2.05) is 43.5 Å². The number of anilines is 1. The van der Waals surface area contributed by atoms with Gasteiger partial charge in [0.1, 0.15) is 12.4 Å². The molecule has 4 nitrogen and oxygen atoms in total. The van der Waals surface area contributed by atoms with Gasteiger partial charge in [-0.05, 0) is 30.7 Å². The lowest BCUT2D eigenvalue weighted by Gasteiger charge is -2.09. The van der Waals surface area contributed by atoms with Gasteiger partial charge in [-0.3, -0.25) is 4.98 Å². The Morgan fingerprint density at radius 3 is 2.80 bits per heavy atom. The number of aryl methyl sites for hydroxylation is 1. The fourth-order valence-electron chi connectivity index (χ4n) is 1.73. The number of pyridine rings is 1.